The van der Waals surface area contributed by atoms with E-state index in [1.54, 1.807) is 56.7 Å². The van der Waals surface area contributed by atoms with Crippen molar-refractivity contribution in [2.24, 2.45) is 0 Å². The van der Waals surface area contributed by atoms with Crippen LogP contribution >= 0.6 is 0 Å². The summed E-state index contributed by atoms with van der Waals surface area (Å²) in [5.41, 5.74) is -0.439. The van der Waals surface area contributed by atoms with Crippen molar-refractivity contribution in [1.29, 1.82) is 0 Å². The summed E-state index contributed by atoms with van der Waals surface area (Å²) in [6.07, 6.45) is 4.82. The third-order valence-corrected chi connectivity index (χ3v) is 5.45. The Labute approximate surface area is 214 Å². The molecular weight excluding hydrogens is 480 g/mol. The number of ether oxygens (including phenoxy) is 3. The zero-order chi connectivity index (χ0) is 26.7. The van der Waals surface area contributed by atoms with E-state index in [4.69, 9.17) is 14.2 Å². The maximum Gasteiger partial charge on any atom is 0.415 e. The van der Waals surface area contributed by atoms with Crippen LogP contribution in [0.15, 0.2) is 35.4 Å². The van der Waals surface area contributed by atoms with E-state index in [9.17, 15) is 14.4 Å². The predicted octanol–water partition coefficient (Wildman–Crippen LogP) is 3.36. The van der Waals surface area contributed by atoms with Crippen molar-refractivity contribution < 1.29 is 23.8 Å². The number of carbonyl (C=O) groups excluding carboxylic acids is 2. The van der Waals surface area contributed by atoms with Gasteiger partial charge in [0.2, 0.25) is 0 Å². The van der Waals surface area contributed by atoms with E-state index in [1.807, 2.05) is 0 Å². The number of pyridine rings is 1. The summed E-state index contributed by atoms with van der Waals surface area (Å²) < 4.78 is 19.2. The normalized spacial score (nSPS) is 13.4. The predicted molar refractivity (Wildman–Crippen MR) is 137 cm³/mol. The number of esters is 1. The van der Waals surface area contributed by atoms with E-state index >= 15 is 0 Å². The molecule has 3 aromatic heterocycles. The first-order chi connectivity index (χ1) is 17.6. The molecule has 1 N–H and O–H groups in total. The van der Waals surface area contributed by atoms with Gasteiger partial charge in [-0.15, -0.1) is 0 Å². The highest BCUT2D eigenvalue weighted by molar-refractivity contribution is 5.97. The Bertz CT molecular complexity index is 1350. The minimum absolute atomic E-state index is 0.118. The second kappa shape index (κ2) is 10.6. The Balaban J connectivity index is 1.70. The number of anilines is 3. The summed E-state index contributed by atoms with van der Waals surface area (Å²) in [5.74, 6) is -0.106. The van der Waals surface area contributed by atoms with Crippen molar-refractivity contribution in [3.05, 3.63) is 46.5 Å². The van der Waals surface area contributed by atoms with Crippen LogP contribution in [0.5, 0.6) is 0 Å². The van der Waals surface area contributed by atoms with E-state index < -0.39 is 17.7 Å². The van der Waals surface area contributed by atoms with Gasteiger partial charge in [0.05, 0.1) is 25.5 Å². The van der Waals surface area contributed by atoms with Gasteiger partial charge in [-0.1, -0.05) is 0 Å². The van der Waals surface area contributed by atoms with Gasteiger partial charge in [-0.3, -0.25) is 9.69 Å². The summed E-state index contributed by atoms with van der Waals surface area (Å²) >= 11 is 0. The molecule has 0 unspecified atom stereocenters. The molecule has 37 heavy (non-hydrogen) atoms. The van der Waals surface area contributed by atoms with Gasteiger partial charge in [0.15, 0.2) is 5.65 Å². The SMILES string of the molecule is CCOC(=O)c1cnn2c(N(C)C(=O)OC(C)(C)C)cc(Nc3cccn(CCOC4CC4)c3=O)nc12. The van der Waals surface area contributed by atoms with Gasteiger partial charge >= 0.3 is 12.1 Å². The number of nitrogens with zero attached hydrogens (tertiary/aromatic N) is 5. The number of fused-ring (bicyclic) bond motifs is 1. The zero-order valence-corrected chi connectivity index (χ0v) is 21.7. The molecule has 1 aliphatic rings. The summed E-state index contributed by atoms with van der Waals surface area (Å²) in [4.78, 5) is 44.2. The van der Waals surface area contributed by atoms with E-state index in [2.05, 4.69) is 15.4 Å². The van der Waals surface area contributed by atoms with Gasteiger partial charge in [-0.05, 0) is 52.7 Å². The molecule has 0 aromatic carbocycles. The lowest BCUT2D eigenvalue weighted by Crippen LogP contribution is -2.35. The van der Waals surface area contributed by atoms with Gasteiger partial charge in [0, 0.05) is 25.9 Å². The van der Waals surface area contributed by atoms with Gasteiger partial charge in [-0.25, -0.2) is 14.6 Å². The zero-order valence-electron chi connectivity index (χ0n) is 21.7. The van der Waals surface area contributed by atoms with Crippen LogP contribution in [0.4, 0.5) is 22.1 Å². The molecule has 1 fully saturated rings. The minimum Gasteiger partial charge on any atom is -0.462 e. The fourth-order valence-corrected chi connectivity index (χ4v) is 3.53. The molecule has 0 bridgehead atoms. The third kappa shape index (κ3) is 6.26. The van der Waals surface area contributed by atoms with E-state index in [1.165, 1.54) is 22.7 Å². The lowest BCUT2D eigenvalue weighted by Gasteiger charge is -2.25. The lowest BCUT2D eigenvalue weighted by molar-refractivity contribution is 0.0527. The van der Waals surface area contributed by atoms with Gasteiger partial charge in [0.1, 0.15) is 28.5 Å². The fourth-order valence-electron chi connectivity index (χ4n) is 3.53. The topological polar surface area (TPSA) is 129 Å². The number of aromatic nitrogens is 4. The van der Waals surface area contributed by atoms with Crippen LogP contribution in [0, 0.1) is 0 Å². The van der Waals surface area contributed by atoms with E-state index in [-0.39, 0.29) is 40.7 Å². The molecule has 12 nitrogen and oxygen atoms in total. The molecule has 0 aliphatic heterocycles. The Morgan fingerprint density at radius 2 is 2.03 bits per heavy atom. The lowest BCUT2D eigenvalue weighted by atomic mass is 10.2. The molecule has 1 saturated carbocycles. The molecule has 0 atom stereocenters. The second-order valence-corrected chi connectivity index (χ2v) is 9.67. The van der Waals surface area contributed by atoms with Crippen molar-refractivity contribution in [2.45, 2.75) is 58.8 Å². The number of hydrogen-bond acceptors (Lipinski definition) is 9. The Kier molecular flexibility index (Phi) is 7.48. The van der Waals surface area contributed by atoms with Crippen molar-refractivity contribution >= 4 is 35.0 Å². The molecule has 0 spiro atoms. The first kappa shape index (κ1) is 26.1. The molecule has 12 heteroatoms. The van der Waals surface area contributed by atoms with Crippen LogP contribution in [0.2, 0.25) is 0 Å². The van der Waals surface area contributed by atoms with Crippen molar-refractivity contribution in [2.75, 3.05) is 30.5 Å². The Morgan fingerprint density at radius 3 is 2.70 bits per heavy atom. The molecule has 198 valence electrons. The largest absolute Gasteiger partial charge is 0.462 e. The summed E-state index contributed by atoms with van der Waals surface area (Å²) in [5, 5.41) is 7.28. The summed E-state index contributed by atoms with van der Waals surface area (Å²) in [7, 11) is 1.52. The smallest absolute Gasteiger partial charge is 0.415 e. The molecule has 3 aromatic rings. The van der Waals surface area contributed by atoms with Crippen LogP contribution in [-0.2, 0) is 20.8 Å². The summed E-state index contributed by atoms with van der Waals surface area (Å²) in [6.45, 7) is 8.01. The molecule has 0 radical (unpaired) electrons. The molecule has 3 heterocycles. The molecule has 4 rings (SSSR count). The first-order valence-electron chi connectivity index (χ1n) is 12.2. The van der Waals surface area contributed by atoms with Crippen molar-refractivity contribution in [3.63, 3.8) is 0 Å². The van der Waals surface area contributed by atoms with Crippen molar-refractivity contribution in [1.82, 2.24) is 19.2 Å². The number of carbonyl (C=O) groups is 2. The molecule has 0 saturated heterocycles. The molecule has 1 aliphatic carbocycles. The standard InChI is InChI=1S/C25H32N6O6/c1-6-35-23(33)17-15-26-31-20(29(5)24(34)37-25(2,3)4)14-19(28-21(17)31)27-18-8-7-11-30(22(18)32)12-13-36-16-9-10-16/h7-8,11,14-16H,6,9-10,12-13H2,1-5H3,(H,27,28). The number of amides is 1. The number of rotatable bonds is 9. The monoisotopic (exact) mass is 512 g/mol. The minimum atomic E-state index is -0.725. The Morgan fingerprint density at radius 1 is 1.27 bits per heavy atom. The van der Waals surface area contributed by atoms with Crippen molar-refractivity contribution in [3.8, 4) is 0 Å². The average Bonchev–Trinajstić information content (AvgIpc) is 3.55. The van der Waals surface area contributed by atoms with Crippen LogP contribution in [0.3, 0.4) is 0 Å². The number of hydrogen-bond donors (Lipinski definition) is 1. The average molecular weight is 513 g/mol. The van der Waals surface area contributed by atoms with Crippen LogP contribution in [0.25, 0.3) is 5.65 Å². The highest BCUT2D eigenvalue weighted by Gasteiger charge is 2.26. The first-order valence-corrected chi connectivity index (χ1v) is 12.2. The van der Waals surface area contributed by atoms with E-state index in [0.717, 1.165) is 12.8 Å². The van der Waals surface area contributed by atoms with Gasteiger partial charge in [0.25, 0.3) is 5.56 Å². The maximum atomic E-state index is 13.1. The number of nitrogens with one attached hydrogen (secondary N) is 1. The van der Waals surface area contributed by atoms with Crippen LogP contribution in [0.1, 0.15) is 50.9 Å². The van der Waals surface area contributed by atoms with Crippen LogP contribution < -0.4 is 15.8 Å². The summed E-state index contributed by atoms with van der Waals surface area (Å²) in [6, 6.07) is 4.92. The molecular formula is C25H32N6O6. The maximum absolute atomic E-state index is 13.1. The second-order valence-electron chi connectivity index (χ2n) is 9.67. The highest BCUT2D eigenvalue weighted by Crippen LogP contribution is 2.25. The van der Waals surface area contributed by atoms with Gasteiger partial charge in [-0.2, -0.15) is 9.61 Å². The highest BCUT2D eigenvalue weighted by atomic mass is 16.6. The van der Waals surface area contributed by atoms with Gasteiger partial charge < -0.3 is 24.1 Å². The quantitative estimate of drug-likeness (QED) is 0.429. The molecule has 1 amide bonds. The van der Waals surface area contributed by atoms with Crippen LogP contribution in [-0.4, -0.2) is 63.2 Å². The Hall–Kier alpha value is -3.93. The van der Waals surface area contributed by atoms with E-state index in [0.29, 0.717) is 19.3 Å². The fraction of sp³-hybridized carbons (Fsp3) is 0.480. The third-order valence-electron chi connectivity index (χ3n) is 5.45.